The van der Waals surface area contributed by atoms with Gasteiger partial charge < -0.3 is 5.73 Å². The highest BCUT2D eigenvalue weighted by molar-refractivity contribution is 7.92. The van der Waals surface area contributed by atoms with Crippen molar-refractivity contribution in [2.45, 2.75) is 18.4 Å². The number of aryl methyl sites for hydroxylation is 1. The number of nitrogens with two attached hydrogens (primary N) is 1. The molecule has 19 heavy (non-hydrogen) atoms. The minimum absolute atomic E-state index is 0.168. The van der Waals surface area contributed by atoms with Crippen LogP contribution in [0.2, 0.25) is 0 Å². The van der Waals surface area contributed by atoms with Gasteiger partial charge in [-0.15, -0.1) is 11.3 Å². The topological polar surface area (TPSA) is 72.2 Å². The lowest BCUT2D eigenvalue weighted by Gasteiger charge is -2.09. The summed E-state index contributed by atoms with van der Waals surface area (Å²) in [5, 5.41) is 1.53. The van der Waals surface area contributed by atoms with Crippen LogP contribution in [-0.2, 0) is 16.6 Å². The number of halogens is 1. The molecular formula is C12H13FN2O2S2. The number of thiophene rings is 1. The molecule has 0 aliphatic heterocycles. The van der Waals surface area contributed by atoms with Gasteiger partial charge >= 0.3 is 0 Å². The summed E-state index contributed by atoms with van der Waals surface area (Å²) >= 11 is 1.29. The number of hydrogen-bond donors (Lipinski definition) is 2. The normalized spacial score (nSPS) is 11.5. The van der Waals surface area contributed by atoms with Gasteiger partial charge in [0, 0.05) is 16.8 Å². The van der Waals surface area contributed by atoms with Crippen LogP contribution in [0, 0.1) is 12.7 Å². The van der Waals surface area contributed by atoms with Gasteiger partial charge in [-0.25, -0.2) is 12.8 Å². The standard InChI is InChI=1S/C12H13FN2O2S2/c1-8-4-9(13)2-3-12(8)15-19(16,17)11-5-10(6-14)18-7-11/h2-5,7,15H,6,14H2,1H3. The lowest BCUT2D eigenvalue weighted by Crippen LogP contribution is -2.13. The molecule has 0 saturated heterocycles. The van der Waals surface area contributed by atoms with Crippen molar-refractivity contribution in [3.8, 4) is 0 Å². The molecule has 0 fully saturated rings. The maximum Gasteiger partial charge on any atom is 0.262 e. The van der Waals surface area contributed by atoms with Crippen LogP contribution in [0.3, 0.4) is 0 Å². The maximum absolute atomic E-state index is 13.0. The molecule has 0 aliphatic rings. The van der Waals surface area contributed by atoms with Gasteiger partial charge in [0.05, 0.1) is 10.6 Å². The van der Waals surface area contributed by atoms with Crippen molar-refractivity contribution in [1.29, 1.82) is 0 Å². The molecule has 3 N–H and O–H groups in total. The van der Waals surface area contributed by atoms with E-state index in [9.17, 15) is 12.8 Å². The van der Waals surface area contributed by atoms with E-state index in [1.165, 1.54) is 41.0 Å². The summed E-state index contributed by atoms with van der Waals surface area (Å²) in [5.41, 5.74) is 6.34. The summed E-state index contributed by atoms with van der Waals surface area (Å²) in [6.45, 7) is 1.94. The molecule has 4 nitrogen and oxygen atoms in total. The molecule has 0 aliphatic carbocycles. The van der Waals surface area contributed by atoms with E-state index in [1.54, 1.807) is 6.92 Å². The van der Waals surface area contributed by atoms with Crippen LogP contribution in [0.5, 0.6) is 0 Å². The van der Waals surface area contributed by atoms with Gasteiger partial charge in [-0.1, -0.05) is 0 Å². The second-order valence-electron chi connectivity index (χ2n) is 4.02. The highest BCUT2D eigenvalue weighted by Gasteiger charge is 2.17. The SMILES string of the molecule is Cc1cc(F)ccc1NS(=O)(=O)c1csc(CN)c1. The van der Waals surface area contributed by atoms with Crippen LogP contribution in [0.15, 0.2) is 34.5 Å². The minimum atomic E-state index is -3.66. The molecule has 2 aromatic rings. The molecule has 0 bridgehead atoms. The van der Waals surface area contributed by atoms with Gasteiger partial charge in [0.25, 0.3) is 10.0 Å². The lowest BCUT2D eigenvalue weighted by atomic mass is 10.2. The Kier molecular flexibility index (Phi) is 3.88. The third kappa shape index (κ3) is 3.12. The number of sulfonamides is 1. The van der Waals surface area contributed by atoms with E-state index in [0.717, 1.165) is 4.88 Å². The Morgan fingerprint density at radius 1 is 1.37 bits per heavy atom. The monoisotopic (exact) mass is 300 g/mol. The van der Waals surface area contributed by atoms with Gasteiger partial charge in [-0.2, -0.15) is 0 Å². The smallest absolute Gasteiger partial charge is 0.262 e. The average molecular weight is 300 g/mol. The molecular weight excluding hydrogens is 287 g/mol. The van der Waals surface area contributed by atoms with Crippen LogP contribution in [0.4, 0.5) is 10.1 Å². The van der Waals surface area contributed by atoms with Gasteiger partial charge in [-0.3, -0.25) is 4.72 Å². The fourth-order valence-electron chi connectivity index (χ4n) is 1.55. The van der Waals surface area contributed by atoms with Crippen LogP contribution in [0.25, 0.3) is 0 Å². The highest BCUT2D eigenvalue weighted by atomic mass is 32.2. The molecule has 1 aromatic heterocycles. The minimum Gasteiger partial charge on any atom is -0.326 e. The van der Waals surface area contributed by atoms with Gasteiger partial charge in [0.1, 0.15) is 5.82 Å². The van der Waals surface area contributed by atoms with Crippen molar-refractivity contribution in [2.75, 3.05) is 4.72 Å². The van der Waals surface area contributed by atoms with Gasteiger partial charge in [0.15, 0.2) is 0 Å². The van der Waals surface area contributed by atoms with Crippen molar-refractivity contribution in [3.05, 3.63) is 45.9 Å². The van der Waals surface area contributed by atoms with Crippen molar-refractivity contribution >= 4 is 27.0 Å². The summed E-state index contributed by atoms with van der Waals surface area (Å²) < 4.78 is 39.7. The maximum atomic E-state index is 13.0. The largest absolute Gasteiger partial charge is 0.326 e. The third-order valence-corrected chi connectivity index (χ3v) is 5.03. The lowest BCUT2D eigenvalue weighted by molar-refractivity contribution is 0.601. The molecule has 0 atom stereocenters. The zero-order chi connectivity index (χ0) is 14.0. The Morgan fingerprint density at radius 3 is 2.68 bits per heavy atom. The number of anilines is 1. The molecule has 0 spiro atoms. The summed E-state index contributed by atoms with van der Waals surface area (Å²) in [6.07, 6.45) is 0. The number of rotatable bonds is 4. The summed E-state index contributed by atoms with van der Waals surface area (Å²) in [7, 11) is -3.66. The number of benzene rings is 1. The molecule has 102 valence electrons. The average Bonchev–Trinajstić information content (AvgIpc) is 2.82. The van der Waals surface area contributed by atoms with E-state index in [2.05, 4.69) is 4.72 Å². The first-order chi connectivity index (χ1) is 8.92. The van der Waals surface area contributed by atoms with E-state index >= 15 is 0 Å². The van der Waals surface area contributed by atoms with Crippen LogP contribution < -0.4 is 10.5 Å². The van der Waals surface area contributed by atoms with Gasteiger partial charge in [-0.05, 0) is 36.8 Å². The number of nitrogens with one attached hydrogen (secondary N) is 1. The van der Waals surface area contributed by atoms with Crippen molar-refractivity contribution in [2.24, 2.45) is 5.73 Å². The summed E-state index contributed by atoms with van der Waals surface area (Å²) in [6, 6.07) is 5.42. The Balaban J connectivity index is 2.30. The van der Waals surface area contributed by atoms with E-state index in [4.69, 9.17) is 5.73 Å². The quantitative estimate of drug-likeness (QED) is 0.911. The molecule has 0 unspecified atom stereocenters. The summed E-state index contributed by atoms with van der Waals surface area (Å²) in [5.74, 6) is -0.401. The second-order valence-corrected chi connectivity index (χ2v) is 6.70. The fourth-order valence-corrected chi connectivity index (χ4v) is 3.84. The Morgan fingerprint density at radius 2 is 2.11 bits per heavy atom. The molecule has 0 saturated carbocycles. The molecule has 0 amide bonds. The molecule has 1 heterocycles. The van der Waals surface area contributed by atoms with E-state index < -0.39 is 15.8 Å². The highest BCUT2D eigenvalue weighted by Crippen LogP contribution is 2.23. The first-order valence-corrected chi connectivity index (χ1v) is 7.85. The fraction of sp³-hybridized carbons (Fsp3) is 0.167. The summed E-state index contributed by atoms with van der Waals surface area (Å²) in [4.78, 5) is 0.956. The predicted octanol–water partition coefficient (Wildman–Crippen LogP) is 2.46. The van der Waals surface area contributed by atoms with Crippen LogP contribution in [0.1, 0.15) is 10.4 Å². The van der Waals surface area contributed by atoms with E-state index in [-0.39, 0.29) is 4.90 Å². The molecule has 7 heteroatoms. The van der Waals surface area contributed by atoms with Gasteiger partial charge in [0.2, 0.25) is 0 Å². The Labute approximate surface area is 115 Å². The first kappa shape index (κ1) is 14.0. The van der Waals surface area contributed by atoms with Crippen molar-refractivity contribution in [3.63, 3.8) is 0 Å². The predicted molar refractivity (Wildman–Crippen MR) is 74.2 cm³/mol. The molecule has 1 aromatic carbocycles. The number of hydrogen-bond acceptors (Lipinski definition) is 4. The molecule has 0 radical (unpaired) electrons. The molecule has 2 rings (SSSR count). The van der Waals surface area contributed by atoms with Crippen LogP contribution >= 0.6 is 11.3 Å². The zero-order valence-electron chi connectivity index (χ0n) is 10.2. The Bertz CT molecular complexity index is 696. The Hall–Kier alpha value is -1.44. The first-order valence-electron chi connectivity index (χ1n) is 5.49. The van der Waals surface area contributed by atoms with Crippen molar-refractivity contribution < 1.29 is 12.8 Å². The van der Waals surface area contributed by atoms with E-state index in [0.29, 0.717) is 17.8 Å². The second kappa shape index (κ2) is 5.28. The van der Waals surface area contributed by atoms with Crippen molar-refractivity contribution in [1.82, 2.24) is 0 Å². The van der Waals surface area contributed by atoms with Crippen LogP contribution in [-0.4, -0.2) is 8.42 Å². The van der Waals surface area contributed by atoms with E-state index in [1.807, 2.05) is 0 Å². The third-order valence-electron chi connectivity index (χ3n) is 2.57. The zero-order valence-corrected chi connectivity index (χ0v) is 11.8.